The first-order valence-corrected chi connectivity index (χ1v) is 9.76. The number of rotatable bonds is 4. The van der Waals surface area contributed by atoms with Crippen molar-refractivity contribution in [2.24, 2.45) is 5.92 Å². The van der Waals surface area contributed by atoms with Gasteiger partial charge in [-0.2, -0.15) is 0 Å². The van der Waals surface area contributed by atoms with Crippen molar-refractivity contribution in [1.29, 1.82) is 0 Å². The van der Waals surface area contributed by atoms with Gasteiger partial charge in [0.05, 0.1) is 22.1 Å². The lowest BCUT2D eigenvalue weighted by molar-refractivity contribution is -0.126. The van der Waals surface area contributed by atoms with Crippen LogP contribution in [0.2, 0.25) is 5.02 Å². The Kier molecular flexibility index (Phi) is 5.09. The Balaban J connectivity index is 1.35. The number of nitrogens with one attached hydrogen (secondary N) is 3. The van der Waals surface area contributed by atoms with E-state index in [1.807, 2.05) is 37.3 Å². The third-order valence-electron chi connectivity index (χ3n) is 5.30. The largest absolute Gasteiger partial charge is 0.357 e. The van der Waals surface area contributed by atoms with E-state index in [9.17, 15) is 9.59 Å². The second kappa shape index (κ2) is 7.67. The summed E-state index contributed by atoms with van der Waals surface area (Å²) in [5.74, 6) is 0.950. The third kappa shape index (κ3) is 3.89. The molecular formula is C20H22ClN5O2. The minimum absolute atomic E-state index is 0.0122. The highest BCUT2D eigenvalue weighted by Crippen LogP contribution is 2.24. The first-order valence-electron chi connectivity index (χ1n) is 9.38. The van der Waals surface area contributed by atoms with E-state index in [1.165, 1.54) is 0 Å². The number of benzene rings is 1. The highest BCUT2D eigenvalue weighted by Gasteiger charge is 2.26. The molecule has 0 bridgehead atoms. The van der Waals surface area contributed by atoms with Crippen molar-refractivity contribution in [3.63, 3.8) is 0 Å². The lowest BCUT2D eigenvalue weighted by atomic mass is 9.95. The molecule has 1 saturated heterocycles. The maximum atomic E-state index is 12.7. The van der Waals surface area contributed by atoms with Crippen LogP contribution in [0.3, 0.4) is 0 Å². The molecule has 28 heavy (non-hydrogen) atoms. The predicted molar refractivity (Wildman–Crippen MR) is 110 cm³/mol. The number of amides is 1. The van der Waals surface area contributed by atoms with Crippen LogP contribution in [-0.4, -0.2) is 33.9 Å². The van der Waals surface area contributed by atoms with Crippen LogP contribution in [0, 0.1) is 5.92 Å². The van der Waals surface area contributed by atoms with E-state index in [2.05, 4.69) is 25.2 Å². The van der Waals surface area contributed by atoms with E-state index < -0.39 is 0 Å². The number of hydrogen-bond donors (Lipinski definition) is 3. The lowest BCUT2D eigenvalue weighted by Gasteiger charge is -2.32. The fraction of sp³-hybridized carbons (Fsp3) is 0.350. The van der Waals surface area contributed by atoms with Crippen LogP contribution in [0.1, 0.15) is 31.4 Å². The van der Waals surface area contributed by atoms with Crippen LogP contribution in [-0.2, 0) is 4.79 Å². The van der Waals surface area contributed by atoms with Crippen LogP contribution in [0.15, 0.2) is 41.3 Å². The molecule has 2 aromatic heterocycles. The first kappa shape index (κ1) is 18.6. The Labute approximate surface area is 167 Å². The molecule has 1 aliphatic heterocycles. The first-order chi connectivity index (χ1) is 13.5. The van der Waals surface area contributed by atoms with Gasteiger partial charge in [-0.05, 0) is 49.6 Å². The number of carbonyl (C=O) groups is 1. The predicted octanol–water partition coefficient (Wildman–Crippen LogP) is 3.00. The summed E-state index contributed by atoms with van der Waals surface area (Å²) < 4.78 is 0. The second-order valence-electron chi connectivity index (χ2n) is 7.21. The van der Waals surface area contributed by atoms with Crippen molar-refractivity contribution >= 4 is 34.4 Å². The SMILES string of the molecule is CC(NC(=O)C1CCN(c2ccc(Cl)cn2)CC1)c1ccc2[nH]c(=O)[nH]c2c1. The quantitative estimate of drug-likeness (QED) is 0.628. The maximum absolute atomic E-state index is 12.7. The van der Waals surface area contributed by atoms with Crippen LogP contribution in [0.4, 0.5) is 5.82 Å². The van der Waals surface area contributed by atoms with E-state index in [0.29, 0.717) is 5.02 Å². The number of halogens is 1. The van der Waals surface area contributed by atoms with E-state index in [0.717, 1.165) is 48.3 Å². The van der Waals surface area contributed by atoms with Gasteiger partial charge in [0.25, 0.3) is 0 Å². The van der Waals surface area contributed by atoms with Crippen LogP contribution in [0.5, 0.6) is 0 Å². The molecule has 1 aromatic carbocycles. The molecular weight excluding hydrogens is 378 g/mol. The standard InChI is InChI=1S/C20H22ClN5O2/c1-12(14-2-4-16-17(10-14)25-20(28)24-16)23-19(27)13-6-8-26(9-7-13)18-5-3-15(21)11-22-18/h2-5,10-13H,6-9H2,1H3,(H,23,27)(H2,24,25,28). The Morgan fingerprint density at radius 2 is 1.96 bits per heavy atom. The van der Waals surface area contributed by atoms with Gasteiger partial charge < -0.3 is 20.2 Å². The number of piperidine rings is 1. The molecule has 3 N–H and O–H groups in total. The van der Waals surface area contributed by atoms with Crippen LogP contribution in [0.25, 0.3) is 11.0 Å². The molecule has 1 fully saturated rings. The van der Waals surface area contributed by atoms with Crippen molar-refractivity contribution in [2.45, 2.75) is 25.8 Å². The summed E-state index contributed by atoms with van der Waals surface area (Å²) in [7, 11) is 0. The Morgan fingerprint density at radius 3 is 2.68 bits per heavy atom. The summed E-state index contributed by atoms with van der Waals surface area (Å²) >= 11 is 5.89. The molecule has 4 rings (SSSR count). The highest BCUT2D eigenvalue weighted by molar-refractivity contribution is 6.30. The Morgan fingerprint density at radius 1 is 1.21 bits per heavy atom. The molecule has 7 nitrogen and oxygen atoms in total. The third-order valence-corrected chi connectivity index (χ3v) is 5.52. The monoisotopic (exact) mass is 399 g/mol. The zero-order valence-electron chi connectivity index (χ0n) is 15.5. The second-order valence-corrected chi connectivity index (χ2v) is 7.65. The van der Waals surface area contributed by atoms with Gasteiger partial charge in [-0.3, -0.25) is 4.79 Å². The number of fused-ring (bicyclic) bond motifs is 1. The van der Waals surface area contributed by atoms with Crippen molar-refractivity contribution < 1.29 is 4.79 Å². The van der Waals surface area contributed by atoms with Gasteiger partial charge in [0, 0.05) is 25.2 Å². The number of nitrogens with zero attached hydrogens (tertiary/aromatic N) is 2. The molecule has 3 aromatic rings. The molecule has 8 heteroatoms. The van der Waals surface area contributed by atoms with E-state index in [1.54, 1.807) is 6.20 Å². The Bertz CT molecular complexity index is 1030. The van der Waals surface area contributed by atoms with Crippen molar-refractivity contribution in [3.8, 4) is 0 Å². The van der Waals surface area contributed by atoms with Gasteiger partial charge in [0.1, 0.15) is 5.82 Å². The zero-order valence-corrected chi connectivity index (χ0v) is 16.3. The molecule has 0 radical (unpaired) electrons. The zero-order chi connectivity index (χ0) is 19.7. The fourth-order valence-electron chi connectivity index (χ4n) is 3.66. The van der Waals surface area contributed by atoms with Gasteiger partial charge in [-0.15, -0.1) is 0 Å². The summed E-state index contributed by atoms with van der Waals surface area (Å²) in [5.41, 5.74) is 2.23. The molecule has 1 unspecified atom stereocenters. The highest BCUT2D eigenvalue weighted by atomic mass is 35.5. The van der Waals surface area contributed by atoms with Gasteiger partial charge in [-0.1, -0.05) is 17.7 Å². The van der Waals surface area contributed by atoms with Crippen LogP contribution < -0.4 is 15.9 Å². The molecule has 0 saturated carbocycles. The number of H-pyrrole nitrogens is 2. The average Bonchev–Trinajstić information content (AvgIpc) is 3.07. The van der Waals surface area contributed by atoms with E-state index in [-0.39, 0.29) is 23.6 Å². The number of aromatic amines is 2. The number of carbonyl (C=O) groups excluding carboxylic acids is 1. The molecule has 0 aliphatic carbocycles. The van der Waals surface area contributed by atoms with E-state index in [4.69, 9.17) is 11.6 Å². The summed E-state index contributed by atoms with van der Waals surface area (Å²) in [6.45, 7) is 3.53. The topological polar surface area (TPSA) is 93.9 Å². The number of aromatic nitrogens is 3. The Hall–Kier alpha value is -2.80. The molecule has 1 aliphatic rings. The molecule has 3 heterocycles. The molecule has 146 valence electrons. The summed E-state index contributed by atoms with van der Waals surface area (Å²) in [6, 6.07) is 9.28. The fourth-order valence-corrected chi connectivity index (χ4v) is 3.77. The minimum Gasteiger partial charge on any atom is -0.357 e. The van der Waals surface area contributed by atoms with Crippen molar-refractivity contribution in [2.75, 3.05) is 18.0 Å². The number of pyridine rings is 1. The normalized spacial score (nSPS) is 16.3. The number of hydrogen-bond acceptors (Lipinski definition) is 4. The minimum atomic E-state index is -0.231. The van der Waals surface area contributed by atoms with Gasteiger partial charge in [0.15, 0.2) is 0 Å². The number of imidazole rings is 1. The summed E-state index contributed by atoms with van der Waals surface area (Å²) in [4.78, 5) is 36.1. The maximum Gasteiger partial charge on any atom is 0.323 e. The molecule has 1 atom stereocenters. The van der Waals surface area contributed by atoms with Crippen molar-refractivity contribution in [1.82, 2.24) is 20.3 Å². The molecule has 1 amide bonds. The summed E-state index contributed by atoms with van der Waals surface area (Å²) in [6.07, 6.45) is 3.21. The van der Waals surface area contributed by atoms with E-state index >= 15 is 0 Å². The number of anilines is 1. The van der Waals surface area contributed by atoms with Gasteiger partial charge >= 0.3 is 5.69 Å². The average molecular weight is 400 g/mol. The van der Waals surface area contributed by atoms with Gasteiger partial charge in [-0.25, -0.2) is 9.78 Å². The summed E-state index contributed by atoms with van der Waals surface area (Å²) in [5, 5.41) is 3.73. The lowest BCUT2D eigenvalue weighted by Crippen LogP contribution is -2.41. The smallest absolute Gasteiger partial charge is 0.323 e. The van der Waals surface area contributed by atoms with Gasteiger partial charge in [0.2, 0.25) is 5.91 Å². The van der Waals surface area contributed by atoms with Crippen molar-refractivity contribution in [3.05, 3.63) is 57.6 Å². The molecule has 0 spiro atoms. The van der Waals surface area contributed by atoms with Crippen LogP contribution >= 0.6 is 11.6 Å².